The maximum Gasteiger partial charge on any atom is 0.260 e. The summed E-state index contributed by atoms with van der Waals surface area (Å²) in [4.78, 5) is 23.8. The zero-order chi connectivity index (χ0) is 25.0. The third-order valence-corrected chi connectivity index (χ3v) is 9.00. The van der Waals surface area contributed by atoms with Crippen LogP contribution in [-0.2, 0) is 17.8 Å². The molecule has 3 aliphatic rings. The Morgan fingerprint density at radius 3 is 2.78 bits per heavy atom. The molecule has 2 N–H and O–H groups in total. The van der Waals surface area contributed by atoms with Gasteiger partial charge >= 0.3 is 0 Å². The number of fused-ring (bicyclic) bond motifs is 2. The number of nitrogens with one attached hydrogen (secondary N) is 2. The number of H-pyrrole nitrogens is 1. The van der Waals surface area contributed by atoms with Crippen LogP contribution in [0.2, 0.25) is 0 Å². The number of methoxy groups -OCH3 is 1. The summed E-state index contributed by atoms with van der Waals surface area (Å²) in [7, 11) is 1.80. The molecule has 1 aliphatic heterocycles. The number of ether oxygens (including phenoxy) is 1. The molecule has 2 saturated carbocycles. The third-order valence-electron chi connectivity index (χ3n) is 9.00. The number of pyridine rings is 2. The minimum absolute atomic E-state index is 0.0117. The van der Waals surface area contributed by atoms with E-state index in [1.807, 2.05) is 12.4 Å². The molecule has 0 radical (unpaired) electrons. The minimum atomic E-state index is 0.0117. The van der Waals surface area contributed by atoms with E-state index in [2.05, 4.69) is 50.5 Å². The molecule has 37 heavy (non-hydrogen) atoms. The first-order chi connectivity index (χ1) is 18.1. The van der Waals surface area contributed by atoms with Gasteiger partial charge in [-0.05, 0) is 67.3 Å². The van der Waals surface area contributed by atoms with Crippen molar-refractivity contribution in [2.75, 3.05) is 31.6 Å². The average molecular weight is 498 g/mol. The van der Waals surface area contributed by atoms with Crippen molar-refractivity contribution in [3.05, 3.63) is 70.5 Å². The molecule has 0 bridgehead atoms. The van der Waals surface area contributed by atoms with Crippen LogP contribution in [0.15, 0.2) is 53.7 Å². The molecule has 1 spiro atoms. The predicted octanol–water partition coefficient (Wildman–Crippen LogP) is 4.43. The Labute approximate surface area is 216 Å². The number of nitrogens with zero attached hydrogens (tertiary/aromatic N) is 3. The van der Waals surface area contributed by atoms with Crippen LogP contribution in [0.5, 0.6) is 0 Å². The highest BCUT2D eigenvalue weighted by Gasteiger charge is 2.52. The van der Waals surface area contributed by atoms with Gasteiger partial charge in [-0.3, -0.25) is 9.78 Å². The van der Waals surface area contributed by atoms with E-state index < -0.39 is 0 Å². The van der Waals surface area contributed by atoms with Crippen molar-refractivity contribution in [1.29, 1.82) is 0 Å². The summed E-state index contributed by atoms with van der Waals surface area (Å²) in [5, 5.41) is 6.47. The fourth-order valence-corrected chi connectivity index (χ4v) is 6.57. The van der Waals surface area contributed by atoms with Gasteiger partial charge < -0.3 is 24.5 Å². The molecule has 0 amide bonds. The number of aromatic nitrogens is 3. The maximum atomic E-state index is 13.4. The van der Waals surface area contributed by atoms with Crippen molar-refractivity contribution in [3.8, 4) is 0 Å². The normalized spacial score (nSPS) is 19.3. The van der Waals surface area contributed by atoms with Crippen molar-refractivity contribution in [3.63, 3.8) is 0 Å². The second-order valence-electron chi connectivity index (χ2n) is 11.6. The molecular formula is C30H35N5O2. The average Bonchev–Trinajstić information content (AvgIpc) is 3.23. The Morgan fingerprint density at radius 1 is 1.14 bits per heavy atom. The SMILES string of the molecule is COC1CC2(C1)CN(c1cncc3c(=O)n(Cc4ccc5cc(CNCC6CCC6)[nH]c5c4)ccc13)C2. The first kappa shape index (κ1) is 23.0. The molecule has 4 aromatic rings. The van der Waals surface area contributed by atoms with Crippen LogP contribution in [0.4, 0.5) is 5.69 Å². The summed E-state index contributed by atoms with van der Waals surface area (Å²) in [6.07, 6.45) is 12.3. The second-order valence-corrected chi connectivity index (χ2v) is 11.6. The van der Waals surface area contributed by atoms with E-state index in [4.69, 9.17) is 4.74 Å². The fraction of sp³-hybridized carbons (Fsp3) is 0.467. The van der Waals surface area contributed by atoms with Crippen molar-refractivity contribution in [2.45, 2.75) is 51.3 Å². The summed E-state index contributed by atoms with van der Waals surface area (Å²) >= 11 is 0. The van der Waals surface area contributed by atoms with E-state index in [-0.39, 0.29) is 5.56 Å². The third kappa shape index (κ3) is 4.14. The molecule has 1 aromatic carbocycles. The van der Waals surface area contributed by atoms with Crippen molar-refractivity contribution >= 4 is 27.4 Å². The lowest BCUT2D eigenvalue weighted by molar-refractivity contribution is -0.0730. The topological polar surface area (TPSA) is 75.2 Å². The van der Waals surface area contributed by atoms with Gasteiger partial charge in [0.05, 0.1) is 29.9 Å². The number of benzene rings is 1. The summed E-state index contributed by atoms with van der Waals surface area (Å²) in [5.41, 5.74) is 4.91. The Bertz CT molecular complexity index is 1500. The smallest absolute Gasteiger partial charge is 0.260 e. The minimum Gasteiger partial charge on any atom is -0.381 e. The van der Waals surface area contributed by atoms with Crippen LogP contribution in [0.3, 0.4) is 0 Å². The molecule has 7 nitrogen and oxygen atoms in total. The quantitative estimate of drug-likeness (QED) is 0.377. The van der Waals surface area contributed by atoms with Crippen molar-refractivity contribution in [2.24, 2.45) is 11.3 Å². The Balaban J connectivity index is 1.07. The highest BCUT2D eigenvalue weighted by molar-refractivity contribution is 5.93. The van der Waals surface area contributed by atoms with Gasteiger partial charge in [-0.25, -0.2) is 0 Å². The Morgan fingerprint density at radius 2 is 2.00 bits per heavy atom. The van der Waals surface area contributed by atoms with Crippen LogP contribution in [-0.4, -0.2) is 47.4 Å². The fourth-order valence-electron chi connectivity index (χ4n) is 6.57. The van der Waals surface area contributed by atoms with Gasteiger partial charge in [0, 0.05) is 61.1 Å². The zero-order valence-electron chi connectivity index (χ0n) is 21.5. The monoisotopic (exact) mass is 497 g/mol. The summed E-state index contributed by atoms with van der Waals surface area (Å²) in [5.74, 6) is 0.858. The Kier molecular flexibility index (Phi) is 5.59. The number of hydrogen-bond donors (Lipinski definition) is 2. The number of hydrogen-bond acceptors (Lipinski definition) is 5. The number of anilines is 1. The van der Waals surface area contributed by atoms with Gasteiger partial charge in [0.15, 0.2) is 0 Å². The van der Waals surface area contributed by atoms with Gasteiger partial charge in [0.2, 0.25) is 0 Å². The van der Waals surface area contributed by atoms with E-state index in [0.29, 0.717) is 23.4 Å². The van der Waals surface area contributed by atoms with Crippen LogP contribution in [0, 0.1) is 11.3 Å². The van der Waals surface area contributed by atoms with Crippen molar-refractivity contribution in [1.82, 2.24) is 19.9 Å². The zero-order valence-corrected chi connectivity index (χ0v) is 21.5. The first-order valence-corrected chi connectivity index (χ1v) is 13.7. The molecule has 3 aromatic heterocycles. The summed E-state index contributed by atoms with van der Waals surface area (Å²) in [6, 6.07) is 10.7. The van der Waals surface area contributed by atoms with Crippen LogP contribution in [0.1, 0.15) is 43.4 Å². The maximum absolute atomic E-state index is 13.4. The van der Waals surface area contributed by atoms with Crippen molar-refractivity contribution < 1.29 is 4.74 Å². The largest absolute Gasteiger partial charge is 0.381 e. The molecule has 4 heterocycles. The van der Waals surface area contributed by atoms with Gasteiger partial charge in [-0.15, -0.1) is 0 Å². The first-order valence-electron chi connectivity index (χ1n) is 13.7. The molecule has 7 rings (SSSR count). The molecule has 2 aliphatic carbocycles. The number of aromatic amines is 1. The molecule has 0 atom stereocenters. The lowest BCUT2D eigenvalue weighted by Gasteiger charge is -2.59. The molecule has 192 valence electrons. The highest BCUT2D eigenvalue weighted by Crippen LogP contribution is 2.51. The molecule has 7 heteroatoms. The molecule has 3 fully saturated rings. The number of rotatable bonds is 8. The molecular weight excluding hydrogens is 462 g/mol. The van der Waals surface area contributed by atoms with E-state index in [0.717, 1.165) is 67.1 Å². The van der Waals surface area contributed by atoms with E-state index in [1.54, 1.807) is 17.9 Å². The van der Waals surface area contributed by atoms with E-state index in [1.165, 1.54) is 30.3 Å². The Hall–Kier alpha value is -3.16. The van der Waals surface area contributed by atoms with Gasteiger partial charge in [-0.1, -0.05) is 18.6 Å². The second kappa shape index (κ2) is 8.99. The van der Waals surface area contributed by atoms with Gasteiger partial charge in [-0.2, -0.15) is 0 Å². The lowest BCUT2D eigenvalue weighted by Crippen LogP contribution is -2.64. The summed E-state index contributed by atoms with van der Waals surface area (Å²) < 4.78 is 7.28. The van der Waals surface area contributed by atoms with Crippen LogP contribution >= 0.6 is 0 Å². The van der Waals surface area contributed by atoms with E-state index in [9.17, 15) is 4.79 Å². The summed E-state index contributed by atoms with van der Waals surface area (Å²) in [6.45, 7) is 4.55. The van der Waals surface area contributed by atoms with Crippen LogP contribution < -0.4 is 15.8 Å². The van der Waals surface area contributed by atoms with E-state index >= 15 is 0 Å². The highest BCUT2D eigenvalue weighted by atomic mass is 16.5. The predicted molar refractivity (Wildman–Crippen MR) is 147 cm³/mol. The lowest BCUT2D eigenvalue weighted by atomic mass is 9.61. The van der Waals surface area contributed by atoms with Gasteiger partial charge in [0.25, 0.3) is 5.56 Å². The standard InChI is InChI=1S/C30H35N5O2/c1-37-24-11-30(12-24)18-35(19-30)28-16-32-15-26-25(28)7-8-34(29(26)36)17-21-5-6-22-10-23(33-27(22)9-21)14-31-13-20-3-2-4-20/h5-10,15-16,20,24,31,33H,2-4,11-14,17-19H2,1H3. The van der Waals surface area contributed by atoms with Crippen LogP contribution in [0.25, 0.3) is 21.7 Å². The molecule has 1 saturated heterocycles. The molecule has 0 unspecified atom stereocenters. The van der Waals surface area contributed by atoms with Gasteiger partial charge in [0.1, 0.15) is 0 Å².